The van der Waals surface area contributed by atoms with Crippen LogP contribution in [0.1, 0.15) is 10.4 Å². The number of ether oxygens (including phenoxy) is 2. The first-order valence-corrected chi connectivity index (χ1v) is 9.02. The van der Waals surface area contributed by atoms with Crippen molar-refractivity contribution in [1.29, 1.82) is 0 Å². The third kappa shape index (κ3) is 4.58. The van der Waals surface area contributed by atoms with Crippen LogP contribution in [0.25, 0.3) is 0 Å². The summed E-state index contributed by atoms with van der Waals surface area (Å²) in [5, 5.41) is 5.83. The van der Waals surface area contributed by atoms with Crippen LogP contribution in [0.15, 0.2) is 40.9 Å². The van der Waals surface area contributed by atoms with Gasteiger partial charge in [0.1, 0.15) is 17.1 Å². The van der Waals surface area contributed by atoms with Crippen molar-refractivity contribution in [1.82, 2.24) is 5.32 Å². The standard InChI is InChI=1S/C16H14BrIN2O3S/c1-22-12-4-3-5-13(23-2)14(12)15(21)20-16(24)19-11-7-6-9(17)8-10(11)18/h3-8H,1-2H3,(H2,19,20,21,24). The lowest BCUT2D eigenvalue weighted by molar-refractivity contribution is 0.0971. The normalized spacial score (nSPS) is 10.0. The summed E-state index contributed by atoms with van der Waals surface area (Å²) < 4.78 is 12.4. The van der Waals surface area contributed by atoms with Gasteiger partial charge in [-0.25, -0.2) is 0 Å². The van der Waals surface area contributed by atoms with Gasteiger partial charge in [0.25, 0.3) is 5.91 Å². The van der Waals surface area contributed by atoms with E-state index in [-0.39, 0.29) is 10.7 Å². The first-order chi connectivity index (χ1) is 11.5. The fraction of sp³-hybridized carbons (Fsp3) is 0.125. The van der Waals surface area contributed by atoms with E-state index >= 15 is 0 Å². The monoisotopic (exact) mass is 520 g/mol. The maximum atomic E-state index is 12.5. The van der Waals surface area contributed by atoms with E-state index < -0.39 is 5.91 Å². The van der Waals surface area contributed by atoms with Crippen LogP contribution in [0, 0.1) is 3.57 Å². The highest BCUT2D eigenvalue weighted by Crippen LogP contribution is 2.28. The molecule has 0 saturated heterocycles. The molecule has 2 rings (SSSR count). The van der Waals surface area contributed by atoms with Gasteiger partial charge in [-0.3, -0.25) is 10.1 Å². The van der Waals surface area contributed by atoms with Crippen LogP contribution >= 0.6 is 50.7 Å². The van der Waals surface area contributed by atoms with Gasteiger partial charge >= 0.3 is 0 Å². The number of methoxy groups -OCH3 is 2. The molecule has 0 aliphatic carbocycles. The highest BCUT2D eigenvalue weighted by molar-refractivity contribution is 14.1. The quantitative estimate of drug-likeness (QED) is 0.467. The van der Waals surface area contributed by atoms with Crippen molar-refractivity contribution in [3.63, 3.8) is 0 Å². The number of carbonyl (C=O) groups is 1. The average Bonchev–Trinajstić information content (AvgIpc) is 2.56. The Hall–Kier alpha value is -1.39. The second kappa shape index (κ2) is 8.63. The number of halogens is 2. The summed E-state index contributed by atoms with van der Waals surface area (Å²) in [7, 11) is 2.98. The van der Waals surface area contributed by atoms with Gasteiger partial charge in [-0.2, -0.15) is 0 Å². The summed E-state index contributed by atoms with van der Waals surface area (Å²) in [5.74, 6) is 0.412. The number of benzene rings is 2. The minimum atomic E-state index is -0.408. The van der Waals surface area contributed by atoms with Crippen molar-refractivity contribution in [2.24, 2.45) is 0 Å². The summed E-state index contributed by atoms with van der Waals surface area (Å²) in [6.45, 7) is 0. The van der Waals surface area contributed by atoms with Gasteiger partial charge in [0.2, 0.25) is 0 Å². The Kier molecular flexibility index (Phi) is 6.81. The van der Waals surface area contributed by atoms with Gasteiger partial charge in [0.15, 0.2) is 5.11 Å². The number of carbonyl (C=O) groups excluding carboxylic acids is 1. The predicted octanol–water partition coefficient (Wildman–Crippen LogP) is 4.20. The van der Waals surface area contributed by atoms with Gasteiger partial charge in [0.05, 0.1) is 19.9 Å². The summed E-state index contributed by atoms with van der Waals surface area (Å²) >= 11 is 10.8. The molecule has 2 aromatic rings. The van der Waals surface area contributed by atoms with E-state index in [2.05, 4.69) is 49.2 Å². The summed E-state index contributed by atoms with van der Waals surface area (Å²) in [6.07, 6.45) is 0. The van der Waals surface area contributed by atoms with Gasteiger partial charge in [-0.15, -0.1) is 0 Å². The Labute approximate surface area is 167 Å². The van der Waals surface area contributed by atoms with Crippen molar-refractivity contribution in [3.8, 4) is 11.5 Å². The summed E-state index contributed by atoms with van der Waals surface area (Å²) in [4.78, 5) is 12.5. The largest absolute Gasteiger partial charge is 0.496 e. The van der Waals surface area contributed by atoms with Crippen molar-refractivity contribution in [2.75, 3.05) is 19.5 Å². The number of thiocarbonyl (C=S) groups is 1. The molecular weight excluding hydrogens is 507 g/mol. The van der Waals surface area contributed by atoms with E-state index in [9.17, 15) is 4.79 Å². The molecule has 0 spiro atoms. The molecule has 0 unspecified atom stereocenters. The second-order valence-electron chi connectivity index (χ2n) is 4.57. The molecule has 2 N–H and O–H groups in total. The van der Waals surface area contributed by atoms with Crippen LogP contribution in [0.2, 0.25) is 0 Å². The molecule has 0 aromatic heterocycles. The molecule has 0 aliphatic heterocycles. The molecule has 0 aliphatic rings. The molecule has 0 bridgehead atoms. The second-order valence-corrected chi connectivity index (χ2v) is 7.06. The van der Waals surface area contributed by atoms with E-state index in [1.807, 2.05) is 18.2 Å². The topological polar surface area (TPSA) is 59.6 Å². The highest BCUT2D eigenvalue weighted by atomic mass is 127. The number of hydrogen-bond acceptors (Lipinski definition) is 4. The van der Waals surface area contributed by atoms with E-state index in [1.54, 1.807) is 18.2 Å². The Morgan fingerprint density at radius 3 is 2.33 bits per heavy atom. The van der Waals surface area contributed by atoms with E-state index in [0.29, 0.717) is 11.5 Å². The molecule has 5 nitrogen and oxygen atoms in total. The zero-order chi connectivity index (χ0) is 17.7. The molecule has 2 aromatic carbocycles. The fourth-order valence-electron chi connectivity index (χ4n) is 1.99. The van der Waals surface area contributed by atoms with E-state index in [4.69, 9.17) is 21.7 Å². The van der Waals surface area contributed by atoms with Gasteiger partial charge in [-0.05, 0) is 65.1 Å². The molecule has 126 valence electrons. The number of anilines is 1. The highest BCUT2D eigenvalue weighted by Gasteiger charge is 2.19. The van der Waals surface area contributed by atoms with Crippen molar-refractivity contribution >= 4 is 67.4 Å². The third-order valence-electron chi connectivity index (χ3n) is 3.06. The van der Waals surface area contributed by atoms with Gasteiger partial charge in [-0.1, -0.05) is 22.0 Å². The van der Waals surface area contributed by atoms with Crippen LogP contribution in [0.5, 0.6) is 11.5 Å². The maximum absolute atomic E-state index is 12.5. The Bertz CT molecular complexity index is 764. The molecule has 1 amide bonds. The molecule has 0 fully saturated rings. The average molecular weight is 521 g/mol. The summed E-state index contributed by atoms with van der Waals surface area (Å²) in [5.41, 5.74) is 1.09. The Morgan fingerprint density at radius 1 is 1.17 bits per heavy atom. The molecule has 0 heterocycles. The zero-order valence-electron chi connectivity index (χ0n) is 12.9. The third-order valence-corrected chi connectivity index (χ3v) is 4.65. The van der Waals surface area contributed by atoms with Crippen LogP contribution in [-0.2, 0) is 0 Å². The smallest absolute Gasteiger partial charge is 0.264 e. The molecular formula is C16H14BrIN2O3S. The van der Waals surface area contributed by atoms with Gasteiger partial charge in [0, 0.05) is 8.04 Å². The molecule has 24 heavy (non-hydrogen) atoms. The van der Waals surface area contributed by atoms with Crippen LogP contribution < -0.4 is 20.1 Å². The molecule has 8 heteroatoms. The van der Waals surface area contributed by atoms with Crippen molar-refractivity contribution < 1.29 is 14.3 Å². The summed E-state index contributed by atoms with van der Waals surface area (Å²) in [6, 6.07) is 10.8. The zero-order valence-corrected chi connectivity index (χ0v) is 17.4. The number of hydrogen-bond donors (Lipinski definition) is 2. The maximum Gasteiger partial charge on any atom is 0.264 e. The molecule has 0 atom stereocenters. The van der Waals surface area contributed by atoms with Crippen molar-refractivity contribution in [2.45, 2.75) is 0 Å². The minimum Gasteiger partial charge on any atom is -0.496 e. The van der Waals surface area contributed by atoms with Crippen LogP contribution in [-0.4, -0.2) is 25.2 Å². The number of amides is 1. The van der Waals surface area contributed by atoms with Crippen LogP contribution in [0.3, 0.4) is 0 Å². The number of rotatable bonds is 4. The van der Waals surface area contributed by atoms with Crippen molar-refractivity contribution in [3.05, 3.63) is 50.0 Å². The fourth-order valence-corrected chi connectivity index (χ4v) is 3.63. The SMILES string of the molecule is COc1cccc(OC)c1C(=O)NC(=S)Nc1ccc(Br)cc1I. The lowest BCUT2D eigenvalue weighted by atomic mass is 10.1. The first kappa shape index (κ1) is 18.9. The predicted molar refractivity (Wildman–Crippen MR) is 110 cm³/mol. The van der Waals surface area contributed by atoms with Crippen LogP contribution in [0.4, 0.5) is 5.69 Å². The molecule has 0 radical (unpaired) electrons. The Balaban J connectivity index is 2.16. The first-order valence-electron chi connectivity index (χ1n) is 6.74. The lowest BCUT2D eigenvalue weighted by Gasteiger charge is -2.14. The number of nitrogens with one attached hydrogen (secondary N) is 2. The Morgan fingerprint density at radius 2 is 1.79 bits per heavy atom. The van der Waals surface area contributed by atoms with E-state index in [1.165, 1.54) is 14.2 Å². The minimum absolute atomic E-state index is 0.188. The van der Waals surface area contributed by atoms with Gasteiger partial charge < -0.3 is 14.8 Å². The van der Waals surface area contributed by atoms with E-state index in [0.717, 1.165) is 13.7 Å². The molecule has 0 saturated carbocycles. The lowest BCUT2D eigenvalue weighted by Crippen LogP contribution is -2.34.